The van der Waals surface area contributed by atoms with Crippen molar-refractivity contribution >= 4 is 35.0 Å². The van der Waals surface area contributed by atoms with Crippen LogP contribution >= 0.6 is 23.2 Å². The van der Waals surface area contributed by atoms with E-state index in [2.05, 4.69) is 15.7 Å². The number of rotatable bonds is 7. The van der Waals surface area contributed by atoms with Gasteiger partial charge in [-0.25, -0.2) is 9.48 Å². The first-order valence-electron chi connectivity index (χ1n) is 9.12. The van der Waals surface area contributed by atoms with Crippen molar-refractivity contribution in [1.29, 1.82) is 0 Å². The monoisotopic (exact) mass is 425 g/mol. The summed E-state index contributed by atoms with van der Waals surface area (Å²) in [6.07, 6.45) is 3.46. The highest BCUT2D eigenvalue weighted by Crippen LogP contribution is 2.22. The molecule has 0 bridgehead atoms. The molecule has 0 aliphatic carbocycles. The van der Waals surface area contributed by atoms with Gasteiger partial charge in [0, 0.05) is 31.6 Å². The normalized spacial score (nSPS) is 13.1. The Balaban J connectivity index is 1.39. The Kier molecular flexibility index (Phi) is 6.74. The number of halogens is 2. The highest BCUT2D eigenvalue weighted by Gasteiger charge is 2.16. The zero-order chi connectivity index (χ0) is 20.1. The van der Waals surface area contributed by atoms with Gasteiger partial charge in [0.25, 0.3) is 5.91 Å². The number of nitrogens with zero attached hydrogens (tertiary/aromatic N) is 3. The van der Waals surface area contributed by atoms with Crippen molar-refractivity contribution in [2.75, 3.05) is 13.1 Å². The second-order valence-electron chi connectivity index (χ2n) is 6.55. The molecule has 28 heavy (non-hydrogen) atoms. The van der Waals surface area contributed by atoms with Gasteiger partial charge in [-0.1, -0.05) is 23.2 Å². The molecule has 0 unspecified atom stereocenters. The lowest BCUT2D eigenvalue weighted by Crippen LogP contribution is -2.37. The molecule has 0 saturated carbocycles. The molecule has 150 valence electrons. The van der Waals surface area contributed by atoms with Crippen molar-refractivity contribution in [1.82, 2.24) is 25.0 Å². The number of fused-ring (bicyclic) bond motifs is 1. The average Bonchev–Trinajstić information content (AvgIpc) is 3.01. The molecule has 2 N–H and O–H groups in total. The fourth-order valence-electron chi connectivity index (χ4n) is 3.01. The molecule has 0 spiro atoms. The van der Waals surface area contributed by atoms with Crippen LogP contribution in [0.5, 0.6) is 0 Å². The quantitative estimate of drug-likeness (QED) is 0.658. The van der Waals surface area contributed by atoms with Gasteiger partial charge in [-0.2, -0.15) is 5.10 Å². The van der Waals surface area contributed by atoms with E-state index in [9.17, 15) is 14.4 Å². The lowest BCUT2D eigenvalue weighted by Gasteiger charge is -2.09. The van der Waals surface area contributed by atoms with Crippen LogP contribution < -0.4 is 16.3 Å². The number of hydrogen-bond donors (Lipinski definition) is 2. The van der Waals surface area contributed by atoms with Gasteiger partial charge in [0.2, 0.25) is 5.91 Å². The Hall–Kier alpha value is -2.32. The second kappa shape index (κ2) is 9.25. The Bertz CT molecular complexity index is 938. The second-order valence-corrected chi connectivity index (χ2v) is 7.36. The van der Waals surface area contributed by atoms with Crippen LogP contribution in [0, 0.1) is 0 Å². The Labute approximate surface area is 171 Å². The van der Waals surface area contributed by atoms with E-state index in [0.29, 0.717) is 30.1 Å². The molecule has 1 aromatic carbocycles. The summed E-state index contributed by atoms with van der Waals surface area (Å²) in [6, 6.07) is 4.50. The minimum absolute atomic E-state index is 0.0880. The molecule has 2 aromatic rings. The van der Waals surface area contributed by atoms with Gasteiger partial charge in [-0.15, -0.1) is 0 Å². The van der Waals surface area contributed by atoms with Crippen LogP contribution in [0.25, 0.3) is 0 Å². The van der Waals surface area contributed by atoms with Crippen molar-refractivity contribution in [3.8, 4) is 0 Å². The fraction of sp³-hybridized carbons (Fsp3) is 0.444. The molecule has 1 aliphatic heterocycles. The van der Waals surface area contributed by atoms with Gasteiger partial charge >= 0.3 is 5.69 Å². The number of amides is 2. The maximum absolute atomic E-state index is 12.2. The molecule has 2 amide bonds. The number of hydrogen-bond acceptors (Lipinski definition) is 4. The molecule has 3 rings (SSSR count). The molecule has 10 heteroatoms. The summed E-state index contributed by atoms with van der Waals surface area (Å²) in [5, 5.41) is 10.2. The van der Waals surface area contributed by atoms with Gasteiger partial charge in [0.1, 0.15) is 5.82 Å². The molecule has 2 heterocycles. The van der Waals surface area contributed by atoms with Gasteiger partial charge in [-0.05, 0) is 37.5 Å². The summed E-state index contributed by atoms with van der Waals surface area (Å²) in [5.41, 5.74) is 0.236. The number of carbonyl (C=O) groups excluding carboxylic acids is 2. The molecule has 0 fully saturated rings. The summed E-state index contributed by atoms with van der Waals surface area (Å²) in [4.78, 5) is 36.1. The summed E-state index contributed by atoms with van der Waals surface area (Å²) < 4.78 is 3.18. The fourth-order valence-corrected chi connectivity index (χ4v) is 3.31. The van der Waals surface area contributed by atoms with Gasteiger partial charge in [0.05, 0.1) is 16.6 Å². The van der Waals surface area contributed by atoms with Crippen LogP contribution in [-0.2, 0) is 24.3 Å². The third-order valence-electron chi connectivity index (χ3n) is 4.49. The lowest BCUT2D eigenvalue weighted by atomic mass is 10.2. The summed E-state index contributed by atoms with van der Waals surface area (Å²) >= 11 is 11.7. The third kappa shape index (κ3) is 4.94. The third-order valence-corrected chi connectivity index (χ3v) is 5.23. The van der Waals surface area contributed by atoms with E-state index < -0.39 is 5.91 Å². The van der Waals surface area contributed by atoms with Crippen molar-refractivity contribution in [3.05, 3.63) is 50.1 Å². The maximum atomic E-state index is 12.2. The summed E-state index contributed by atoms with van der Waals surface area (Å²) in [6.45, 7) is 1.39. The van der Waals surface area contributed by atoms with Gasteiger partial charge in [-0.3, -0.25) is 14.2 Å². The zero-order valence-corrected chi connectivity index (χ0v) is 16.7. The average molecular weight is 426 g/mol. The molecule has 1 aliphatic rings. The highest BCUT2D eigenvalue weighted by molar-refractivity contribution is 6.42. The van der Waals surface area contributed by atoms with Crippen LogP contribution in [0.15, 0.2) is 23.0 Å². The number of carbonyl (C=O) groups is 2. The topological polar surface area (TPSA) is 98.0 Å². The Morgan fingerprint density at radius 2 is 1.96 bits per heavy atom. The first-order valence-corrected chi connectivity index (χ1v) is 9.88. The van der Waals surface area contributed by atoms with Crippen LogP contribution in [0.3, 0.4) is 0 Å². The molecular weight excluding hydrogens is 405 g/mol. The number of nitrogens with one attached hydrogen (secondary N) is 2. The minimum Gasteiger partial charge on any atom is -0.355 e. The maximum Gasteiger partial charge on any atom is 0.345 e. The van der Waals surface area contributed by atoms with Crippen molar-refractivity contribution in [2.45, 2.75) is 38.8 Å². The van der Waals surface area contributed by atoms with Crippen LogP contribution in [0.1, 0.15) is 35.4 Å². The molecule has 8 nitrogen and oxygen atoms in total. The van der Waals surface area contributed by atoms with E-state index in [1.807, 2.05) is 0 Å². The molecule has 0 saturated heterocycles. The van der Waals surface area contributed by atoms with E-state index in [1.165, 1.54) is 22.9 Å². The van der Waals surface area contributed by atoms with Crippen LogP contribution in [0.4, 0.5) is 0 Å². The number of aromatic nitrogens is 3. The smallest absolute Gasteiger partial charge is 0.345 e. The van der Waals surface area contributed by atoms with Crippen LogP contribution in [0.2, 0.25) is 10.0 Å². The lowest BCUT2D eigenvalue weighted by molar-refractivity contribution is -0.120. The predicted molar refractivity (Wildman–Crippen MR) is 106 cm³/mol. The van der Waals surface area contributed by atoms with Gasteiger partial charge in [0.15, 0.2) is 0 Å². The first-order chi connectivity index (χ1) is 13.5. The van der Waals surface area contributed by atoms with Crippen molar-refractivity contribution in [3.63, 3.8) is 0 Å². The van der Waals surface area contributed by atoms with Crippen molar-refractivity contribution < 1.29 is 9.59 Å². The van der Waals surface area contributed by atoms with Crippen LogP contribution in [-0.4, -0.2) is 39.3 Å². The first kappa shape index (κ1) is 20.4. The Morgan fingerprint density at radius 3 is 2.71 bits per heavy atom. The van der Waals surface area contributed by atoms with E-state index in [1.54, 1.807) is 4.57 Å². The Morgan fingerprint density at radius 1 is 1.14 bits per heavy atom. The van der Waals surface area contributed by atoms with E-state index in [4.69, 9.17) is 23.2 Å². The minimum atomic E-state index is -0.413. The van der Waals surface area contributed by atoms with Gasteiger partial charge < -0.3 is 10.6 Å². The largest absolute Gasteiger partial charge is 0.355 e. The van der Waals surface area contributed by atoms with E-state index in [-0.39, 0.29) is 23.2 Å². The van der Waals surface area contributed by atoms with E-state index >= 15 is 0 Å². The summed E-state index contributed by atoms with van der Waals surface area (Å²) in [5.74, 6) is 0.110. The number of aryl methyl sites for hydroxylation is 2. The number of benzene rings is 1. The SMILES string of the molecule is O=C(CNC(=O)c1ccc(Cl)c(Cl)c1)NCCCn1nc2n(c1=O)CCCC2. The molecule has 0 atom stereocenters. The highest BCUT2D eigenvalue weighted by atomic mass is 35.5. The summed E-state index contributed by atoms with van der Waals surface area (Å²) in [7, 11) is 0. The molecular formula is C18H21Cl2N5O3. The van der Waals surface area contributed by atoms with Crippen molar-refractivity contribution in [2.24, 2.45) is 0 Å². The standard InChI is InChI=1S/C18H21Cl2N5O3/c19-13-6-5-12(10-14(13)20)17(27)22-11-16(26)21-7-3-9-25-18(28)24-8-2-1-4-15(24)23-25/h5-6,10H,1-4,7-9,11H2,(H,21,26)(H,22,27). The zero-order valence-electron chi connectivity index (χ0n) is 15.2. The molecule has 1 aromatic heterocycles. The van der Waals surface area contributed by atoms with E-state index in [0.717, 1.165) is 31.6 Å². The predicted octanol–water partition coefficient (Wildman–Crippen LogP) is 1.62. The molecule has 0 radical (unpaired) electrons.